The smallest absolute Gasteiger partial charge is 0.0672 e. The highest BCUT2D eigenvalue weighted by Crippen LogP contribution is 2.24. The van der Waals surface area contributed by atoms with Crippen molar-refractivity contribution in [1.29, 1.82) is 5.26 Å². The Morgan fingerprint density at radius 3 is 2.94 bits per heavy atom. The highest BCUT2D eigenvalue weighted by atomic mass is 79.9. The maximum atomic E-state index is 9.11. The number of hydrogen-bond donors (Lipinski definition) is 1. The van der Waals surface area contributed by atoms with Crippen LogP contribution in [0.4, 0.5) is 0 Å². The molecule has 0 aliphatic heterocycles. The molecule has 2 unspecified atom stereocenters. The number of nitrogens with one attached hydrogen (secondary N) is 1. The number of benzene rings is 1. The van der Waals surface area contributed by atoms with E-state index in [1.54, 1.807) is 0 Å². The van der Waals surface area contributed by atoms with Crippen LogP contribution < -0.4 is 5.32 Å². The van der Waals surface area contributed by atoms with E-state index in [0.29, 0.717) is 6.04 Å². The quantitative estimate of drug-likeness (QED) is 0.924. The zero-order chi connectivity index (χ0) is 12.1. The lowest BCUT2D eigenvalue weighted by atomic mass is 9.85. The van der Waals surface area contributed by atoms with Gasteiger partial charge in [-0.05, 0) is 30.5 Å². The van der Waals surface area contributed by atoms with Gasteiger partial charge < -0.3 is 5.32 Å². The molecule has 1 aliphatic rings. The maximum absolute atomic E-state index is 9.11. The minimum Gasteiger partial charge on any atom is -0.309 e. The number of nitrogens with zero attached hydrogens (tertiary/aromatic N) is 1. The zero-order valence-corrected chi connectivity index (χ0v) is 11.4. The van der Waals surface area contributed by atoms with Gasteiger partial charge in [0.25, 0.3) is 0 Å². The van der Waals surface area contributed by atoms with E-state index in [2.05, 4.69) is 39.4 Å². The Hall–Kier alpha value is -0.850. The molecule has 1 aliphatic carbocycles. The van der Waals surface area contributed by atoms with Crippen molar-refractivity contribution in [3.63, 3.8) is 0 Å². The fourth-order valence-corrected chi connectivity index (χ4v) is 2.87. The maximum Gasteiger partial charge on any atom is 0.0672 e. The molecule has 1 aromatic rings. The number of rotatable bonds is 3. The molecule has 90 valence electrons. The van der Waals surface area contributed by atoms with Gasteiger partial charge in [0.15, 0.2) is 0 Å². The molecule has 0 amide bonds. The molecule has 3 heteroatoms. The van der Waals surface area contributed by atoms with Crippen molar-refractivity contribution >= 4 is 15.9 Å². The molecule has 1 N–H and O–H groups in total. The summed E-state index contributed by atoms with van der Waals surface area (Å²) in [5, 5.41) is 12.6. The van der Waals surface area contributed by atoms with Gasteiger partial charge in [-0.1, -0.05) is 40.9 Å². The molecule has 2 nitrogen and oxygen atoms in total. The van der Waals surface area contributed by atoms with Gasteiger partial charge in [0.05, 0.1) is 12.0 Å². The molecule has 0 aromatic heterocycles. The van der Waals surface area contributed by atoms with Crippen LogP contribution in [-0.4, -0.2) is 6.04 Å². The van der Waals surface area contributed by atoms with E-state index in [4.69, 9.17) is 5.26 Å². The molecule has 1 aromatic carbocycles. The Morgan fingerprint density at radius 2 is 2.18 bits per heavy atom. The lowest BCUT2D eigenvalue weighted by molar-refractivity contribution is 0.311. The minimum absolute atomic E-state index is 0.191. The summed E-state index contributed by atoms with van der Waals surface area (Å²) in [5.74, 6) is 0.191. The highest BCUT2D eigenvalue weighted by Gasteiger charge is 2.24. The van der Waals surface area contributed by atoms with E-state index in [1.807, 2.05) is 12.1 Å². The Labute approximate surface area is 111 Å². The van der Waals surface area contributed by atoms with Gasteiger partial charge in [0, 0.05) is 17.1 Å². The molecule has 0 bridgehead atoms. The van der Waals surface area contributed by atoms with E-state index < -0.39 is 0 Å². The van der Waals surface area contributed by atoms with Crippen molar-refractivity contribution < 1.29 is 0 Å². The third kappa shape index (κ3) is 3.55. The monoisotopic (exact) mass is 292 g/mol. The van der Waals surface area contributed by atoms with Crippen LogP contribution in [0, 0.1) is 17.2 Å². The number of halogens is 1. The summed E-state index contributed by atoms with van der Waals surface area (Å²) in [6, 6.07) is 11.1. The Balaban J connectivity index is 1.91. The largest absolute Gasteiger partial charge is 0.309 e. The van der Waals surface area contributed by atoms with Gasteiger partial charge in [0.2, 0.25) is 0 Å². The summed E-state index contributed by atoms with van der Waals surface area (Å²) in [6.07, 6.45) is 4.63. The number of hydrogen-bond acceptors (Lipinski definition) is 2. The molecule has 0 heterocycles. The fraction of sp³-hybridized carbons (Fsp3) is 0.500. The first-order valence-corrected chi connectivity index (χ1v) is 6.96. The highest BCUT2D eigenvalue weighted by molar-refractivity contribution is 9.10. The van der Waals surface area contributed by atoms with Crippen LogP contribution in [0.15, 0.2) is 28.7 Å². The van der Waals surface area contributed by atoms with Crippen LogP contribution in [0.1, 0.15) is 31.2 Å². The SMILES string of the molecule is N#CC1CCCCC1NCc1cccc(Br)c1. The second-order valence-electron chi connectivity index (χ2n) is 4.64. The summed E-state index contributed by atoms with van der Waals surface area (Å²) in [6.45, 7) is 0.849. The van der Waals surface area contributed by atoms with E-state index in [-0.39, 0.29) is 5.92 Å². The van der Waals surface area contributed by atoms with Crippen molar-refractivity contribution in [3.8, 4) is 6.07 Å². The second kappa shape index (κ2) is 6.18. The zero-order valence-electron chi connectivity index (χ0n) is 9.82. The van der Waals surface area contributed by atoms with Gasteiger partial charge in [-0.3, -0.25) is 0 Å². The van der Waals surface area contributed by atoms with Gasteiger partial charge >= 0.3 is 0 Å². The third-order valence-corrected chi connectivity index (χ3v) is 3.88. The van der Waals surface area contributed by atoms with Gasteiger partial charge in [0.1, 0.15) is 0 Å². The van der Waals surface area contributed by atoms with Crippen molar-refractivity contribution in [2.75, 3.05) is 0 Å². The molecule has 0 spiro atoms. The summed E-state index contributed by atoms with van der Waals surface area (Å²) < 4.78 is 1.11. The first-order chi connectivity index (χ1) is 8.29. The molecule has 0 radical (unpaired) electrons. The van der Waals surface area contributed by atoms with Gasteiger partial charge in [-0.15, -0.1) is 0 Å². The Kier molecular flexibility index (Phi) is 4.58. The van der Waals surface area contributed by atoms with Crippen molar-refractivity contribution in [1.82, 2.24) is 5.32 Å². The molecule has 2 rings (SSSR count). The lowest BCUT2D eigenvalue weighted by Gasteiger charge is -2.27. The molecule has 17 heavy (non-hydrogen) atoms. The predicted molar refractivity (Wildman–Crippen MR) is 72.3 cm³/mol. The summed E-state index contributed by atoms with van der Waals surface area (Å²) in [4.78, 5) is 0. The van der Waals surface area contributed by atoms with Crippen molar-refractivity contribution in [3.05, 3.63) is 34.3 Å². The van der Waals surface area contributed by atoms with Crippen molar-refractivity contribution in [2.45, 2.75) is 38.3 Å². The third-order valence-electron chi connectivity index (χ3n) is 3.39. The second-order valence-corrected chi connectivity index (χ2v) is 5.55. The Bertz CT molecular complexity index is 411. The van der Waals surface area contributed by atoms with Crippen LogP contribution in [0.5, 0.6) is 0 Å². The molecule has 0 saturated heterocycles. The summed E-state index contributed by atoms with van der Waals surface area (Å²) in [5.41, 5.74) is 1.27. The van der Waals surface area contributed by atoms with E-state index in [9.17, 15) is 0 Å². The summed E-state index contributed by atoms with van der Waals surface area (Å²) in [7, 11) is 0. The molecule has 1 fully saturated rings. The summed E-state index contributed by atoms with van der Waals surface area (Å²) >= 11 is 3.47. The molecule has 2 atom stereocenters. The normalized spacial score (nSPS) is 24.2. The molecular weight excluding hydrogens is 276 g/mol. The van der Waals surface area contributed by atoms with Gasteiger partial charge in [-0.2, -0.15) is 5.26 Å². The van der Waals surface area contributed by atoms with Crippen LogP contribution >= 0.6 is 15.9 Å². The van der Waals surface area contributed by atoms with Crippen molar-refractivity contribution in [2.24, 2.45) is 5.92 Å². The first kappa shape index (κ1) is 12.6. The predicted octanol–water partition coefficient (Wildman–Crippen LogP) is 3.62. The fourth-order valence-electron chi connectivity index (χ4n) is 2.43. The average Bonchev–Trinajstić information content (AvgIpc) is 2.37. The van der Waals surface area contributed by atoms with E-state index in [1.165, 1.54) is 18.4 Å². The molecular formula is C14H17BrN2. The van der Waals surface area contributed by atoms with Gasteiger partial charge in [-0.25, -0.2) is 0 Å². The average molecular weight is 293 g/mol. The topological polar surface area (TPSA) is 35.8 Å². The first-order valence-electron chi connectivity index (χ1n) is 6.17. The van der Waals surface area contributed by atoms with E-state index >= 15 is 0 Å². The molecule has 1 saturated carbocycles. The standard InChI is InChI=1S/C14H17BrN2/c15-13-6-3-4-11(8-13)10-17-14-7-2-1-5-12(14)9-16/h3-4,6,8,12,14,17H,1-2,5,7,10H2. The van der Waals surface area contributed by atoms with Crippen LogP contribution in [0.2, 0.25) is 0 Å². The van der Waals surface area contributed by atoms with Crippen LogP contribution in [0.25, 0.3) is 0 Å². The Morgan fingerprint density at radius 1 is 1.35 bits per heavy atom. The van der Waals surface area contributed by atoms with E-state index in [0.717, 1.165) is 23.9 Å². The number of nitriles is 1. The minimum atomic E-state index is 0.191. The lowest BCUT2D eigenvalue weighted by Crippen LogP contribution is -2.37. The van der Waals surface area contributed by atoms with Crippen LogP contribution in [0.3, 0.4) is 0 Å². The van der Waals surface area contributed by atoms with Crippen LogP contribution in [-0.2, 0) is 6.54 Å².